The van der Waals surface area contributed by atoms with Gasteiger partial charge in [0.2, 0.25) is 6.54 Å². The lowest BCUT2D eigenvalue weighted by atomic mass is 10.1. The summed E-state index contributed by atoms with van der Waals surface area (Å²) < 4.78 is 22.2. The maximum atomic E-state index is 13.6. The van der Waals surface area contributed by atoms with Crippen LogP contribution in [0.15, 0.2) is 76.4 Å². The molecule has 0 aliphatic carbocycles. The van der Waals surface area contributed by atoms with Crippen molar-refractivity contribution >= 4 is 27.7 Å². The molecule has 7 nitrogen and oxygen atoms in total. The lowest BCUT2D eigenvalue weighted by Gasteiger charge is -2.18. The lowest BCUT2D eigenvalue weighted by molar-refractivity contribution is -0.479. The molecule has 0 amide bonds. The fraction of sp³-hybridized carbons (Fsp3) is 0.200. The summed E-state index contributed by atoms with van der Waals surface area (Å²) >= 11 is 4.72. The zero-order valence-electron chi connectivity index (χ0n) is 19.0. The van der Waals surface area contributed by atoms with E-state index < -0.39 is 5.25 Å². The smallest absolute Gasteiger partial charge is 0.220 e. The van der Waals surface area contributed by atoms with Gasteiger partial charge in [0.05, 0.1) is 0 Å². The first kappa shape index (κ1) is 24.9. The van der Waals surface area contributed by atoms with Crippen molar-refractivity contribution in [1.82, 2.24) is 14.8 Å². The number of nitrogens with zero attached hydrogens (tertiary/aromatic N) is 4. The van der Waals surface area contributed by atoms with Gasteiger partial charge in [-0.2, -0.15) is 0 Å². The summed E-state index contributed by atoms with van der Waals surface area (Å²) in [5.41, 5.74) is 3.25. The number of rotatable bonds is 9. The Morgan fingerprint density at radius 2 is 1.91 bits per heavy atom. The molecule has 1 heterocycles. The Labute approximate surface area is 214 Å². The molecule has 0 aliphatic rings. The molecule has 1 atom stereocenters. The third kappa shape index (κ3) is 6.26. The van der Waals surface area contributed by atoms with Gasteiger partial charge in [0, 0.05) is 20.6 Å². The third-order valence-corrected chi connectivity index (χ3v) is 6.88. The average molecular weight is 557 g/mol. The zero-order chi connectivity index (χ0) is 24.9. The summed E-state index contributed by atoms with van der Waals surface area (Å²) in [6, 6.07) is 19.4. The van der Waals surface area contributed by atoms with E-state index in [2.05, 4.69) is 26.1 Å². The number of ether oxygens (including phenoxy) is 1. The maximum absolute atomic E-state index is 13.6. The largest absolute Gasteiger partial charge is 0.489 e. The molecule has 4 aromatic rings. The first-order valence-electron chi connectivity index (χ1n) is 10.7. The molecular weight excluding hydrogens is 535 g/mol. The van der Waals surface area contributed by atoms with Crippen molar-refractivity contribution in [3.8, 4) is 11.4 Å². The van der Waals surface area contributed by atoms with Gasteiger partial charge in [-0.25, -0.2) is 4.39 Å². The van der Waals surface area contributed by atoms with E-state index in [-0.39, 0.29) is 23.9 Å². The average Bonchev–Trinajstić information content (AvgIpc) is 3.17. The quantitative estimate of drug-likeness (QED) is 0.133. The van der Waals surface area contributed by atoms with E-state index in [1.807, 2.05) is 48.7 Å². The maximum Gasteiger partial charge on any atom is 0.220 e. The van der Waals surface area contributed by atoms with Crippen molar-refractivity contribution in [3.05, 3.63) is 110 Å². The summed E-state index contributed by atoms with van der Waals surface area (Å²) in [6.07, 6.45) is 0. The predicted octanol–water partition coefficient (Wildman–Crippen LogP) is 6.47. The first-order valence-corrected chi connectivity index (χ1v) is 12.4. The van der Waals surface area contributed by atoms with Gasteiger partial charge in [0.25, 0.3) is 0 Å². The van der Waals surface area contributed by atoms with E-state index in [0.717, 1.165) is 15.7 Å². The highest BCUT2D eigenvalue weighted by atomic mass is 79.9. The van der Waals surface area contributed by atoms with E-state index in [1.54, 1.807) is 24.3 Å². The van der Waals surface area contributed by atoms with E-state index in [4.69, 9.17) is 4.74 Å². The number of aryl methyl sites for hydroxylation is 2. The van der Waals surface area contributed by atoms with Crippen LogP contribution in [0.4, 0.5) is 4.39 Å². The van der Waals surface area contributed by atoms with Crippen molar-refractivity contribution in [2.75, 3.05) is 6.54 Å². The van der Waals surface area contributed by atoms with Crippen LogP contribution in [0.1, 0.15) is 27.8 Å². The van der Waals surface area contributed by atoms with Crippen molar-refractivity contribution in [2.24, 2.45) is 0 Å². The van der Waals surface area contributed by atoms with Gasteiger partial charge in [0.15, 0.2) is 5.16 Å². The Morgan fingerprint density at radius 1 is 1.11 bits per heavy atom. The molecule has 0 saturated carbocycles. The Morgan fingerprint density at radius 3 is 2.66 bits per heavy atom. The molecule has 3 aromatic carbocycles. The molecule has 180 valence electrons. The van der Waals surface area contributed by atoms with Gasteiger partial charge in [-0.1, -0.05) is 52.0 Å². The lowest BCUT2D eigenvalue weighted by Crippen LogP contribution is -2.13. The van der Waals surface area contributed by atoms with Gasteiger partial charge in [-0.05, 0) is 67.4 Å². The molecule has 0 fully saturated rings. The normalized spacial score (nSPS) is 11.9. The van der Waals surface area contributed by atoms with Crippen LogP contribution in [0, 0.1) is 29.8 Å². The second-order valence-electron chi connectivity index (χ2n) is 7.93. The minimum atomic E-state index is -0.614. The number of aromatic nitrogens is 3. The molecule has 0 bridgehead atoms. The van der Waals surface area contributed by atoms with Crippen LogP contribution >= 0.6 is 27.7 Å². The van der Waals surface area contributed by atoms with E-state index in [9.17, 15) is 14.5 Å². The third-order valence-electron chi connectivity index (χ3n) is 5.22. The fourth-order valence-electron chi connectivity index (χ4n) is 3.64. The van der Waals surface area contributed by atoms with Gasteiger partial charge >= 0.3 is 0 Å². The second kappa shape index (κ2) is 11.0. The van der Waals surface area contributed by atoms with Gasteiger partial charge in [-0.15, -0.1) is 10.2 Å². The molecule has 35 heavy (non-hydrogen) atoms. The van der Waals surface area contributed by atoms with Gasteiger partial charge < -0.3 is 4.74 Å². The molecule has 4 rings (SSSR count). The highest BCUT2D eigenvalue weighted by Crippen LogP contribution is 2.41. The highest BCUT2D eigenvalue weighted by molar-refractivity contribution is 9.10. The summed E-state index contributed by atoms with van der Waals surface area (Å²) in [7, 11) is 0. The van der Waals surface area contributed by atoms with Crippen LogP contribution in [0.25, 0.3) is 5.69 Å². The van der Waals surface area contributed by atoms with Crippen LogP contribution in [0.2, 0.25) is 0 Å². The van der Waals surface area contributed by atoms with Gasteiger partial charge in [-0.3, -0.25) is 14.7 Å². The molecule has 0 radical (unpaired) electrons. The van der Waals surface area contributed by atoms with Crippen molar-refractivity contribution in [2.45, 2.75) is 30.9 Å². The van der Waals surface area contributed by atoms with Crippen LogP contribution < -0.4 is 4.74 Å². The number of hydrogen-bond donors (Lipinski definition) is 0. The minimum Gasteiger partial charge on any atom is -0.489 e. The Kier molecular flexibility index (Phi) is 7.82. The summed E-state index contributed by atoms with van der Waals surface area (Å²) in [6.45, 7) is 3.61. The Balaban J connectivity index is 1.68. The Bertz CT molecular complexity index is 1360. The molecule has 0 aliphatic heterocycles. The van der Waals surface area contributed by atoms with Gasteiger partial charge in [0.1, 0.15) is 29.2 Å². The van der Waals surface area contributed by atoms with E-state index in [0.29, 0.717) is 27.9 Å². The number of hydrogen-bond acceptors (Lipinski definition) is 6. The predicted molar refractivity (Wildman–Crippen MR) is 136 cm³/mol. The fourth-order valence-corrected chi connectivity index (χ4v) is 5.21. The number of benzene rings is 3. The molecule has 0 spiro atoms. The molecule has 0 N–H and O–H groups in total. The van der Waals surface area contributed by atoms with Crippen LogP contribution in [-0.4, -0.2) is 26.2 Å². The number of thioether (sulfide) groups is 1. The summed E-state index contributed by atoms with van der Waals surface area (Å²) in [4.78, 5) is 11.3. The molecule has 0 saturated heterocycles. The van der Waals surface area contributed by atoms with Crippen molar-refractivity contribution in [3.63, 3.8) is 0 Å². The standard InChI is InChI=1S/C25H22BrFN4O3S/c1-16-5-3-8-21(11-16)31-17(2)28-29-25(31)35-24(14-30(32)33)22-13-19(26)9-10-23(22)34-15-18-6-4-7-20(27)12-18/h3-13,24H,14-15H2,1-2H3/t24-/m0/s1. The number of halogens is 2. The summed E-state index contributed by atoms with van der Waals surface area (Å²) in [5, 5.41) is 20.1. The highest BCUT2D eigenvalue weighted by Gasteiger charge is 2.27. The SMILES string of the molecule is Cc1cccc(-n2c(C)nnc2S[C@@H](C[N+](=O)[O-])c2cc(Br)ccc2OCc2cccc(F)c2)c1. The van der Waals surface area contributed by atoms with E-state index in [1.165, 1.54) is 23.9 Å². The van der Waals surface area contributed by atoms with Crippen LogP contribution in [0.5, 0.6) is 5.75 Å². The molecule has 1 aromatic heterocycles. The number of nitro groups is 1. The minimum absolute atomic E-state index is 0.126. The molecule has 0 unspecified atom stereocenters. The molecule has 10 heteroatoms. The Hall–Kier alpha value is -3.24. The zero-order valence-corrected chi connectivity index (χ0v) is 21.4. The first-order chi connectivity index (χ1) is 16.8. The van der Waals surface area contributed by atoms with E-state index >= 15 is 0 Å². The van der Waals surface area contributed by atoms with Crippen LogP contribution in [-0.2, 0) is 6.61 Å². The van der Waals surface area contributed by atoms with Crippen molar-refractivity contribution in [1.29, 1.82) is 0 Å². The summed E-state index contributed by atoms with van der Waals surface area (Å²) in [5.74, 6) is 0.805. The second-order valence-corrected chi connectivity index (χ2v) is 10.0. The monoisotopic (exact) mass is 556 g/mol. The van der Waals surface area contributed by atoms with Crippen molar-refractivity contribution < 1.29 is 14.1 Å². The van der Waals surface area contributed by atoms with Crippen LogP contribution in [0.3, 0.4) is 0 Å². The topological polar surface area (TPSA) is 83.1 Å². The molecular formula is C25H22BrFN4O3S.